The lowest BCUT2D eigenvalue weighted by Gasteiger charge is -2.11. The minimum absolute atomic E-state index is 0.0399. The second-order valence-corrected chi connectivity index (χ2v) is 9.39. The molecule has 4 rings (SSSR count). The molecule has 0 aliphatic carbocycles. The third-order valence-corrected chi connectivity index (χ3v) is 6.91. The highest BCUT2D eigenvalue weighted by Crippen LogP contribution is 2.35. The third-order valence-electron chi connectivity index (χ3n) is 5.45. The van der Waals surface area contributed by atoms with Gasteiger partial charge in [0, 0.05) is 23.6 Å². The average Bonchev–Trinajstić information content (AvgIpc) is 3.31. The van der Waals surface area contributed by atoms with E-state index in [1.54, 1.807) is 37.2 Å². The van der Waals surface area contributed by atoms with Gasteiger partial charge in [-0.3, -0.25) is 4.99 Å². The van der Waals surface area contributed by atoms with Crippen LogP contribution < -0.4 is 19.0 Å². The Morgan fingerprint density at radius 3 is 2.47 bits per heavy atom. The summed E-state index contributed by atoms with van der Waals surface area (Å²) in [5.41, 5.74) is 3.67. The number of aromatic nitrogens is 1. The quantitative estimate of drug-likeness (QED) is 0.262. The Labute approximate surface area is 222 Å². The molecular formula is C27H26BrN3O4S. The van der Waals surface area contributed by atoms with Gasteiger partial charge in [0.25, 0.3) is 0 Å². The first-order valence-electron chi connectivity index (χ1n) is 11.1. The first kappa shape index (κ1) is 25.5. The topological polar surface area (TPSA) is 77.6 Å². The molecule has 0 saturated heterocycles. The summed E-state index contributed by atoms with van der Waals surface area (Å²) >= 11 is 4.87. The van der Waals surface area contributed by atoms with Crippen LogP contribution in [0.1, 0.15) is 11.1 Å². The molecule has 1 heterocycles. The molecule has 0 unspecified atom stereocenters. The summed E-state index contributed by atoms with van der Waals surface area (Å²) in [7, 11) is 4.76. The molecule has 0 spiro atoms. The lowest BCUT2D eigenvalue weighted by atomic mass is 10.1. The van der Waals surface area contributed by atoms with Crippen LogP contribution in [0.3, 0.4) is 0 Å². The number of aromatic hydroxyl groups is 1. The van der Waals surface area contributed by atoms with Crippen LogP contribution in [0.4, 0.5) is 0 Å². The molecule has 36 heavy (non-hydrogen) atoms. The number of phenols is 1. The number of nitrogens with zero attached hydrogens (tertiary/aromatic N) is 3. The van der Waals surface area contributed by atoms with Crippen molar-refractivity contribution in [1.29, 1.82) is 0 Å². The van der Waals surface area contributed by atoms with Gasteiger partial charge in [0.2, 0.25) is 4.80 Å². The van der Waals surface area contributed by atoms with Gasteiger partial charge < -0.3 is 19.3 Å². The van der Waals surface area contributed by atoms with Crippen LogP contribution in [0.2, 0.25) is 0 Å². The summed E-state index contributed by atoms with van der Waals surface area (Å²) in [6.45, 7) is 0.623. The lowest BCUT2D eigenvalue weighted by Crippen LogP contribution is -2.13. The minimum atomic E-state index is 0.0399. The zero-order chi connectivity index (χ0) is 25.5. The van der Waals surface area contributed by atoms with Gasteiger partial charge in [0.15, 0.2) is 11.5 Å². The van der Waals surface area contributed by atoms with E-state index in [9.17, 15) is 5.11 Å². The summed E-state index contributed by atoms with van der Waals surface area (Å²) in [5.74, 6) is 1.76. The minimum Gasteiger partial charge on any atom is -0.503 e. The van der Waals surface area contributed by atoms with Crippen molar-refractivity contribution in [2.24, 2.45) is 10.1 Å². The molecule has 9 heteroatoms. The van der Waals surface area contributed by atoms with Crippen LogP contribution in [0.15, 0.2) is 80.6 Å². The number of thiazole rings is 1. The zero-order valence-electron chi connectivity index (χ0n) is 20.1. The highest BCUT2D eigenvalue weighted by molar-refractivity contribution is 9.10. The maximum absolute atomic E-state index is 10.1. The molecule has 0 bridgehead atoms. The fourth-order valence-corrected chi connectivity index (χ4v) is 4.90. The van der Waals surface area contributed by atoms with Crippen molar-refractivity contribution in [3.05, 3.63) is 86.4 Å². The van der Waals surface area contributed by atoms with E-state index in [-0.39, 0.29) is 5.75 Å². The van der Waals surface area contributed by atoms with E-state index in [1.807, 2.05) is 41.8 Å². The predicted molar refractivity (Wildman–Crippen MR) is 147 cm³/mol. The predicted octanol–water partition coefficient (Wildman–Crippen LogP) is 5.74. The molecule has 7 nitrogen and oxygen atoms in total. The van der Waals surface area contributed by atoms with Crippen LogP contribution in [0.5, 0.6) is 23.0 Å². The molecule has 0 atom stereocenters. The lowest BCUT2D eigenvalue weighted by molar-refractivity contribution is 0.372. The van der Waals surface area contributed by atoms with Crippen LogP contribution in [0.25, 0.3) is 11.3 Å². The largest absolute Gasteiger partial charge is 0.503 e. The zero-order valence-corrected chi connectivity index (χ0v) is 22.5. The van der Waals surface area contributed by atoms with Gasteiger partial charge in [-0.2, -0.15) is 5.10 Å². The van der Waals surface area contributed by atoms with Crippen molar-refractivity contribution >= 4 is 33.5 Å². The van der Waals surface area contributed by atoms with Crippen LogP contribution in [-0.2, 0) is 6.42 Å². The number of hydrogen-bond acceptors (Lipinski definition) is 7. The molecule has 1 N–H and O–H groups in total. The summed E-state index contributed by atoms with van der Waals surface area (Å²) in [6.07, 6.45) is 2.53. The highest BCUT2D eigenvalue weighted by Gasteiger charge is 2.14. The maximum Gasteiger partial charge on any atom is 0.206 e. The highest BCUT2D eigenvalue weighted by atomic mass is 79.9. The Morgan fingerprint density at radius 1 is 0.972 bits per heavy atom. The van der Waals surface area contributed by atoms with Gasteiger partial charge in [0.1, 0.15) is 11.5 Å². The Balaban J connectivity index is 1.77. The molecule has 4 aromatic rings. The summed E-state index contributed by atoms with van der Waals surface area (Å²) in [6, 6.07) is 19.4. The van der Waals surface area contributed by atoms with Gasteiger partial charge in [0.05, 0.1) is 37.7 Å². The molecule has 0 amide bonds. The van der Waals surface area contributed by atoms with Crippen molar-refractivity contribution < 1.29 is 19.3 Å². The first-order chi connectivity index (χ1) is 17.5. The number of halogens is 1. The summed E-state index contributed by atoms with van der Waals surface area (Å²) in [5, 5.41) is 16.9. The molecule has 0 aliphatic rings. The normalized spacial score (nSPS) is 11.7. The van der Waals surface area contributed by atoms with E-state index in [0.717, 1.165) is 28.0 Å². The van der Waals surface area contributed by atoms with Crippen LogP contribution in [0, 0.1) is 0 Å². The van der Waals surface area contributed by atoms with Crippen molar-refractivity contribution in [3.63, 3.8) is 0 Å². The van der Waals surface area contributed by atoms with Gasteiger partial charge in [-0.25, -0.2) is 4.68 Å². The molecule has 3 aromatic carbocycles. The molecule has 0 radical (unpaired) electrons. The number of rotatable bonds is 9. The Hall–Kier alpha value is -3.56. The number of hydrogen-bond donors (Lipinski definition) is 1. The van der Waals surface area contributed by atoms with E-state index >= 15 is 0 Å². The Bertz CT molecular complexity index is 1430. The average molecular weight is 568 g/mol. The second kappa shape index (κ2) is 11.9. The van der Waals surface area contributed by atoms with Crippen molar-refractivity contribution in [2.75, 3.05) is 27.9 Å². The Kier molecular flexibility index (Phi) is 8.45. The van der Waals surface area contributed by atoms with Crippen LogP contribution in [-0.4, -0.2) is 43.9 Å². The summed E-state index contributed by atoms with van der Waals surface area (Å²) in [4.78, 5) is 5.59. The molecule has 186 valence electrons. The molecule has 0 fully saturated rings. The first-order valence-corrected chi connectivity index (χ1v) is 12.8. The van der Waals surface area contributed by atoms with Crippen molar-refractivity contribution in [1.82, 2.24) is 4.68 Å². The number of ether oxygens (including phenoxy) is 3. The molecule has 1 aromatic heterocycles. The third kappa shape index (κ3) is 5.80. The molecule has 0 saturated carbocycles. The number of benzene rings is 3. The monoisotopic (exact) mass is 567 g/mol. The van der Waals surface area contributed by atoms with Gasteiger partial charge in [-0.1, -0.05) is 30.3 Å². The number of methoxy groups -OCH3 is 3. The van der Waals surface area contributed by atoms with Crippen molar-refractivity contribution in [3.8, 4) is 34.3 Å². The standard InChI is InChI=1S/C27H26BrN3O4S/c1-33-20-9-10-21(24(15-20)34-2)23-17-36-27(29-12-11-18-7-5-4-6-8-18)31(23)30-16-19-13-22(28)26(32)25(14-19)35-3/h4-10,13-17,32H,11-12H2,1-3H3. The maximum atomic E-state index is 10.1. The van der Waals surface area contributed by atoms with Crippen LogP contribution >= 0.6 is 27.3 Å². The SMILES string of the molecule is COc1ccc(-c2csc(=NCCc3ccccc3)n2N=Cc2cc(Br)c(O)c(OC)c2)c(OC)c1. The summed E-state index contributed by atoms with van der Waals surface area (Å²) < 4.78 is 18.6. The fraction of sp³-hybridized carbons (Fsp3) is 0.185. The van der Waals surface area contributed by atoms with E-state index in [4.69, 9.17) is 24.3 Å². The second-order valence-electron chi connectivity index (χ2n) is 7.70. The van der Waals surface area contributed by atoms with E-state index in [0.29, 0.717) is 28.3 Å². The van der Waals surface area contributed by atoms with Gasteiger partial charge >= 0.3 is 0 Å². The number of phenolic OH excluding ortho intramolecular Hbond substituents is 1. The van der Waals surface area contributed by atoms with E-state index in [1.165, 1.54) is 24.0 Å². The Morgan fingerprint density at radius 2 is 1.75 bits per heavy atom. The van der Waals surface area contributed by atoms with Crippen molar-refractivity contribution in [2.45, 2.75) is 6.42 Å². The van der Waals surface area contributed by atoms with Gasteiger partial charge in [-0.15, -0.1) is 11.3 Å². The molecular weight excluding hydrogens is 542 g/mol. The van der Waals surface area contributed by atoms with E-state index < -0.39 is 0 Å². The smallest absolute Gasteiger partial charge is 0.206 e. The van der Waals surface area contributed by atoms with Gasteiger partial charge in [-0.05, 0) is 57.7 Å². The molecule has 0 aliphatic heterocycles. The van der Waals surface area contributed by atoms with E-state index in [2.05, 4.69) is 28.1 Å². The fourth-order valence-electron chi connectivity index (χ4n) is 3.59.